The third kappa shape index (κ3) is 3.49. The van der Waals surface area contributed by atoms with Crippen LogP contribution < -0.4 is 10.6 Å². The molecular formula is C13H21FN2. The second-order valence-corrected chi connectivity index (χ2v) is 5.39. The third-order valence-corrected chi connectivity index (χ3v) is 2.38. The van der Waals surface area contributed by atoms with Crippen LogP contribution in [0, 0.1) is 11.2 Å². The van der Waals surface area contributed by atoms with Gasteiger partial charge in [-0.15, -0.1) is 0 Å². The smallest absolute Gasteiger partial charge is 0.123 e. The molecule has 0 unspecified atom stereocenters. The first-order valence-electron chi connectivity index (χ1n) is 5.53. The summed E-state index contributed by atoms with van der Waals surface area (Å²) in [5.74, 6) is -0.228. The molecule has 90 valence electrons. The van der Waals surface area contributed by atoms with Gasteiger partial charge in [0.2, 0.25) is 0 Å². The highest BCUT2D eigenvalue weighted by Crippen LogP contribution is 2.24. The van der Waals surface area contributed by atoms with Crippen molar-refractivity contribution < 1.29 is 4.39 Å². The van der Waals surface area contributed by atoms with E-state index in [2.05, 4.69) is 25.7 Å². The van der Waals surface area contributed by atoms with Gasteiger partial charge in [0.15, 0.2) is 0 Å². The van der Waals surface area contributed by atoms with E-state index in [-0.39, 0.29) is 11.2 Å². The minimum atomic E-state index is -0.228. The van der Waals surface area contributed by atoms with Crippen LogP contribution >= 0.6 is 0 Å². The lowest BCUT2D eigenvalue weighted by Crippen LogP contribution is -2.30. The molecule has 0 atom stereocenters. The van der Waals surface area contributed by atoms with Crippen LogP contribution in [0.15, 0.2) is 18.2 Å². The molecule has 0 bridgehead atoms. The van der Waals surface area contributed by atoms with Crippen LogP contribution in [0.1, 0.15) is 26.3 Å². The summed E-state index contributed by atoms with van der Waals surface area (Å²) < 4.78 is 13.1. The van der Waals surface area contributed by atoms with E-state index in [9.17, 15) is 4.39 Å². The Labute approximate surface area is 97.3 Å². The fourth-order valence-corrected chi connectivity index (χ4v) is 1.89. The molecule has 0 aliphatic rings. The van der Waals surface area contributed by atoms with Crippen molar-refractivity contribution in [2.45, 2.75) is 27.3 Å². The van der Waals surface area contributed by atoms with Crippen molar-refractivity contribution in [1.82, 2.24) is 0 Å². The molecule has 0 fully saturated rings. The lowest BCUT2D eigenvalue weighted by atomic mass is 9.95. The molecule has 0 aliphatic heterocycles. The van der Waals surface area contributed by atoms with E-state index in [4.69, 9.17) is 5.73 Å². The fourth-order valence-electron chi connectivity index (χ4n) is 1.89. The maximum Gasteiger partial charge on any atom is 0.123 e. The van der Waals surface area contributed by atoms with Crippen LogP contribution in [0.2, 0.25) is 0 Å². The first-order chi connectivity index (χ1) is 7.33. The molecule has 0 aromatic heterocycles. The molecule has 0 heterocycles. The van der Waals surface area contributed by atoms with Crippen molar-refractivity contribution in [2.75, 3.05) is 18.5 Å². The lowest BCUT2D eigenvalue weighted by Gasteiger charge is -2.29. The van der Waals surface area contributed by atoms with Gasteiger partial charge in [0.05, 0.1) is 0 Å². The summed E-state index contributed by atoms with van der Waals surface area (Å²) in [6, 6.07) is 4.78. The quantitative estimate of drug-likeness (QED) is 0.855. The van der Waals surface area contributed by atoms with Gasteiger partial charge >= 0.3 is 0 Å². The Balaban J connectivity index is 2.94. The molecular weight excluding hydrogens is 203 g/mol. The number of hydrogen-bond donors (Lipinski definition) is 1. The molecule has 0 aliphatic carbocycles. The van der Waals surface area contributed by atoms with Crippen molar-refractivity contribution in [1.29, 1.82) is 0 Å². The van der Waals surface area contributed by atoms with Gasteiger partial charge in [0, 0.05) is 25.8 Å². The molecule has 3 heteroatoms. The molecule has 0 radical (unpaired) electrons. The molecule has 0 saturated carbocycles. The van der Waals surface area contributed by atoms with Gasteiger partial charge in [-0.25, -0.2) is 4.39 Å². The van der Waals surface area contributed by atoms with Crippen LogP contribution in [0.3, 0.4) is 0 Å². The van der Waals surface area contributed by atoms with E-state index in [0.717, 1.165) is 17.8 Å². The average molecular weight is 224 g/mol. The predicted molar refractivity (Wildman–Crippen MR) is 67.0 cm³/mol. The molecule has 16 heavy (non-hydrogen) atoms. The Bertz CT molecular complexity index is 355. The number of anilines is 1. The monoisotopic (exact) mass is 224 g/mol. The van der Waals surface area contributed by atoms with Crippen LogP contribution in [-0.2, 0) is 6.54 Å². The van der Waals surface area contributed by atoms with Crippen molar-refractivity contribution in [2.24, 2.45) is 11.1 Å². The number of rotatable bonds is 3. The normalized spacial score (nSPS) is 11.6. The van der Waals surface area contributed by atoms with Crippen molar-refractivity contribution in [3.8, 4) is 0 Å². The summed E-state index contributed by atoms with van der Waals surface area (Å²) in [6.45, 7) is 7.80. The van der Waals surface area contributed by atoms with Gasteiger partial charge in [-0.05, 0) is 29.2 Å². The van der Waals surface area contributed by atoms with Gasteiger partial charge in [-0.3, -0.25) is 0 Å². The maximum atomic E-state index is 13.1. The van der Waals surface area contributed by atoms with Crippen molar-refractivity contribution in [3.05, 3.63) is 29.6 Å². The van der Waals surface area contributed by atoms with E-state index in [1.807, 2.05) is 7.05 Å². The number of hydrogen-bond acceptors (Lipinski definition) is 2. The lowest BCUT2D eigenvalue weighted by molar-refractivity contribution is 0.418. The summed E-state index contributed by atoms with van der Waals surface area (Å²) in [7, 11) is 2.01. The summed E-state index contributed by atoms with van der Waals surface area (Å²) in [6.07, 6.45) is 0. The topological polar surface area (TPSA) is 29.3 Å². The largest absolute Gasteiger partial charge is 0.374 e. The standard InChI is InChI=1S/C13H21FN2/c1-13(2,3)9-16(4)12-6-5-11(14)7-10(12)8-15/h5-7H,8-9,15H2,1-4H3. The molecule has 2 nitrogen and oxygen atoms in total. The molecule has 1 rings (SSSR count). The van der Waals surface area contributed by atoms with Crippen LogP contribution in [0.5, 0.6) is 0 Å². The highest BCUT2D eigenvalue weighted by molar-refractivity contribution is 5.53. The molecule has 0 amide bonds. The van der Waals surface area contributed by atoms with Gasteiger partial charge in [0.1, 0.15) is 5.82 Å². The zero-order chi connectivity index (χ0) is 12.3. The Hall–Kier alpha value is -1.09. The third-order valence-electron chi connectivity index (χ3n) is 2.38. The Morgan fingerprint density at radius 1 is 1.31 bits per heavy atom. The first kappa shape index (κ1) is 13.0. The predicted octanol–water partition coefficient (Wildman–Crippen LogP) is 2.77. The second kappa shape index (κ2) is 4.83. The summed E-state index contributed by atoms with van der Waals surface area (Å²) in [5.41, 5.74) is 7.70. The van der Waals surface area contributed by atoms with Crippen molar-refractivity contribution >= 4 is 5.69 Å². The second-order valence-electron chi connectivity index (χ2n) is 5.39. The van der Waals surface area contributed by atoms with Gasteiger partial charge in [0.25, 0.3) is 0 Å². The van der Waals surface area contributed by atoms with E-state index in [0.29, 0.717) is 6.54 Å². The SMILES string of the molecule is CN(CC(C)(C)C)c1ccc(F)cc1CN. The fraction of sp³-hybridized carbons (Fsp3) is 0.538. The summed E-state index contributed by atoms with van der Waals surface area (Å²) in [5, 5.41) is 0. The summed E-state index contributed by atoms with van der Waals surface area (Å²) >= 11 is 0. The highest BCUT2D eigenvalue weighted by Gasteiger charge is 2.15. The Kier molecular flexibility index (Phi) is 3.92. The molecule has 1 aromatic rings. The van der Waals surface area contributed by atoms with Crippen LogP contribution in [0.4, 0.5) is 10.1 Å². The highest BCUT2D eigenvalue weighted by atomic mass is 19.1. The zero-order valence-electron chi connectivity index (χ0n) is 10.5. The van der Waals surface area contributed by atoms with Gasteiger partial charge in [-0.2, -0.15) is 0 Å². The Morgan fingerprint density at radius 2 is 1.94 bits per heavy atom. The zero-order valence-corrected chi connectivity index (χ0v) is 10.5. The minimum Gasteiger partial charge on any atom is -0.374 e. The number of halogens is 1. The minimum absolute atomic E-state index is 0.203. The van der Waals surface area contributed by atoms with E-state index in [1.54, 1.807) is 6.07 Å². The molecule has 2 N–H and O–H groups in total. The van der Waals surface area contributed by atoms with E-state index < -0.39 is 0 Å². The number of nitrogens with two attached hydrogens (primary N) is 1. The average Bonchev–Trinajstić information content (AvgIpc) is 2.14. The van der Waals surface area contributed by atoms with Crippen LogP contribution in [0.25, 0.3) is 0 Å². The molecule has 1 aromatic carbocycles. The van der Waals surface area contributed by atoms with Crippen LogP contribution in [-0.4, -0.2) is 13.6 Å². The van der Waals surface area contributed by atoms with E-state index in [1.165, 1.54) is 12.1 Å². The molecule has 0 saturated heterocycles. The van der Waals surface area contributed by atoms with Crippen molar-refractivity contribution in [3.63, 3.8) is 0 Å². The van der Waals surface area contributed by atoms with Gasteiger partial charge in [-0.1, -0.05) is 20.8 Å². The summed E-state index contributed by atoms with van der Waals surface area (Å²) in [4.78, 5) is 2.13. The van der Waals surface area contributed by atoms with E-state index >= 15 is 0 Å². The number of benzene rings is 1. The molecule has 0 spiro atoms. The maximum absolute atomic E-state index is 13.1. The first-order valence-corrected chi connectivity index (χ1v) is 5.53. The number of nitrogens with zero attached hydrogens (tertiary/aromatic N) is 1. The van der Waals surface area contributed by atoms with Gasteiger partial charge < -0.3 is 10.6 Å². The Morgan fingerprint density at radius 3 is 2.44 bits per heavy atom.